The Kier molecular flexibility index (Phi) is 5.56. The minimum atomic E-state index is 0.125. The molecule has 0 radical (unpaired) electrons. The summed E-state index contributed by atoms with van der Waals surface area (Å²) in [6.07, 6.45) is 1.75. The second-order valence-corrected chi connectivity index (χ2v) is 6.11. The van der Waals surface area contributed by atoms with Crippen molar-refractivity contribution in [2.45, 2.75) is 25.7 Å². The van der Waals surface area contributed by atoms with Gasteiger partial charge in [0, 0.05) is 12.5 Å². The highest BCUT2D eigenvalue weighted by Gasteiger charge is 2.16. The van der Waals surface area contributed by atoms with Crippen molar-refractivity contribution in [2.24, 2.45) is 5.73 Å². The molecule has 3 aromatic rings. The molecule has 0 aliphatic heterocycles. The summed E-state index contributed by atoms with van der Waals surface area (Å²) >= 11 is 0. The van der Waals surface area contributed by atoms with E-state index in [4.69, 9.17) is 20.2 Å². The number of nitrogens with two attached hydrogens (primary N) is 1. The molecule has 0 saturated heterocycles. The quantitative estimate of drug-likeness (QED) is 0.657. The Morgan fingerprint density at radius 1 is 1.16 bits per heavy atom. The van der Waals surface area contributed by atoms with E-state index < -0.39 is 0 Å². The standard InChI is InChI=1S/C20H25N3O2/c1-3-10-25-19-12-14(8-9-18(19)24-2)11-15(13-21)20-22-16-6-4-5-7-17(16)23-20/h4-9,12,15H,3,10-11,13,21H2,1-2H3,(H,22,23). The van der Waals surface area contributed by atoms with Crippen LogP contribution < -0.4 is 15.2 Å². The van der Waals surface area contributed by atoms with Crippen LogP contribution >= 0.6 is 0 Å². The van der Waals surface area contributed by atoms with E-state index in [-0.39, 0.29) is 5.92 Å². The number of benzene rings is 2. The molecule has 25 heavy (non-hydrogen) atoms. The third-order valence-corrected chi connectivity index (χ3v) is 4.25. The Balaban J connectivity index is 1.83. The van der Waals surface area contributed by atoms with Crippen molar-refractivity contribution in [3.05, 3.63) is 53.9 Å². The maximum Gasteiger partial charge on any atom is 0.161 e. The van der Waals surface area contributed by atoms with Gasteiger partial charge in [-0.05, 0) is 42.7 Å². The minimum Gasteiger partial charge on any atom is -0.493 e. The summed E-state index contributed by atoms with van der Waals surface area (Å²) in [5, 5.41) is 0. The van der Waals surface area contributed by atoms with Crippen LogP contribution in [0.15, 0.2) is 42.5 Å². The summed E-state index contributed by atoms with van der Waals surface area (Å²) in [6, 6.07) is 14.1. The normalized spacial score (nSPS) is 12.3. The van der Waals surface area contributed by atoms with E-state index in [0.29, 0.717) is 13.2 Å². The smallest absolute Gasteiger partial charge is 0.161 e. The van der Waals surface area contributed by atoms with Crippen molar-refractivity contribution in [3.63, 3.8) is 0 Å². The topological polar surface area (TPSA) is 73.2 Å². The van der Waals surface area contributed by atoms with Gasteiger partial charge in [-0.2, -0.15) is 0 Å². The van der Waals surface area contributed by atoms with E-state index >= 15 is 0 Å². The fourth-order valence-electron chi connectivity index (χ4n) is 2.91. The molecule has 5 heteroatoms. The van der Waals surface area contributed by atoms with Crippen molar-refractivity contribution in [2.75, 3.05) is 20.3 Å². The second kappa shape index (κ2) is 8.03. The fraction of sp³-hybridized carbons (Fsp3) is 0.350. The predicted octanol–water partition coefficient (Wildman–Crippen LogP) is 3.65. The van der Waals surface area contributed by atoms with Crippen LogP contribution in [0.25, 0.3) is 11.0 Å². The van der Waals surface area contributed by atoms with Crippen LogP contribution in [-0.4, -0.2) is 30.2 Å². The zero-order chi connectivity index (χ0) is 17.6. The van der Waals surface area contributed by atoms with Gasteiger partial charge >= 0.3 is 0 Å². The molecule has 1 aromatic heterocycles. The molecular formula is C20H25N3O2. The van der Waals surface area contributed by atoms with Crippen LogP contribution in [0.3, 0.4) is 0 Å². The molecule has 132 valence electrons. The van der Waals surface area contributed by atoms with Gasteiger partial charge in [0.05, 0.1) is 24.8 Å². The van der Waals surface area contributed by atoms with Crippen molar-refractivity contribution in [1.82, 2.24) is 9.97 Å². The van der Waals surface area contributed by atoms with Gasteiger partial charge in [-0.25, -0.2) is 4.98 Å². The minimum absolute atomic E-state index is 0.125. The Labute approximate surface area is 148 Å². The van der Waals surface area contributed by atoms with E-state index in [9.17, 15) is 0 Å². The third-order valence-electron chi connectivity index (χ3n) is 4.25. The van der Waals surface area contributed by atoms with Crippen molar-refractivity contribution in [3.8, 4) is 11.5 Å². The van der Waals surface area contributed by atoms with Gasteiger partial charge in [0.25, 0.3) is 0 Å². The van der Waals surface area contributed by atoms with E-state index in [2.05, 4.69) is 18.0 Å². The number of nitrogens with one attached hydrogen (secondary N) is 1. The number of rotatable bonds is 8. The van der Waals surface area contributed by atoms with Crippen molar-refractivity contribution >= 4 is 11.0 Å². The molecule has 1 atom stereocenters. The average molecular weight is 339 g/mol. The number of hydrogen-bond donors (Lipinski definition) is 2. The van der Waals surface area contributed by atoms with E-state index in [0.717, 1.165) is 46.8 Å². The lowest BCUT2D eigenvalue weighted by Crippen LogP contribution is -2.16. The first-order chi connectivity index (χ1) is 12.2. The SMILES string of the molecule is CCCOc1cc(CC(CN)c2nc3ccccc3[nH]2)ccc1OC. The number of aromatic nitrogens is 2. The van der Waals surface area contributed by atoms with Gasteiger partial charge in [-0.15, -0.1) is 0 Å². The number of H-pyrrole nitrogens is 1. The van der Waals surface area contributed by atoms with E-state index in [1.165, 1.54) is 0 Å². The number of methoxy groups -OCH3 is 1. The molecular weight excluding hydrogens is 314 g/mol. The number of hydrogen-bond acceptors (Lipinski definition) is 4. The Hall–Kier alpha value is -2.53. The summed E-state index contributed by atoms with van der Waals surface area (Å²) in [5.41, 5.74) is 9.20. The zero-order valence-corrected chi connectivity index (χ0v) is 14.8. The lowest BCUT2D eigenvalue weighted by Gasteiger charge is -2.15. The van der Waals surface area contributed by atoms with Gasteiger partial charge < -0.3 is 20.2 Å². The van der Waals surface area contributed by atoms with Crippen LogP contribution in [0.2, 0.25) is 0 Å². The summed E-state index contributed by atoms with van der Waals surface area (Å²) < 4.78 is 11.2. The zero-order valence-electron chi connectivity index (χ0n) is 14.8. The molecule has 5 nitrogen and oxygen atoms in total. The largest absolute Gasteiger partial charge is 0.493 e. The number of para-hydroxylation sites is 2. The Morgan fingerprint density at radius 3 is 2.72 bits per heavy atom. The highest BCUT2D eigenvalue weighted by molar-refractivity contribution is 5.74. The summed E-state index contributed by atoms with van der Waals surface area (Å²) in [7, 11) is 1.66. The molecule has 0 bridgehead atoms. The number of aromatic amines is 1. The second-order valence-electron chi connectivity index (χ2n) is 6.11. The van der Waals surface area contributed by atoms with E-state index in [1.54, 1.807) is 7.11 Å². The van der Waals surface area contributed by atoms with Crippen LogP contribution in [-0.2, 0) is 6.42 Å². The molecule has 1 unspecified atom stereocenters. The van der Waals surface area contributed by atoms with E-state index in [1.807, 2.05) is 36.4 Å². The highest BCUT2D eigenvalue weighted by atomic mass is 16.5. The first-order valence-corrected chi connectivity index (χ1v) is 8.69. The van der Waals surface area contributed by atoms with Crippen LogP contribution in [0.4, 0.5) is 0 Å². The first kappa shape index (κ1) is 17.3. The van der Waals surface area contributed by atoms with Gasteiger partial charge in [0.2, 0.25) is 0 Å². The molecule has 0 fully saturated rings. The Bertz CT molecular complexity index is 796. The highest BCUT2D eigenvalue weighted by Crippen LogP contribution is 2.30. The number of fused-ring (bicyclic) bond motifs is 1. The summed E-state index contributed by atoms with van der Waals surface area (Å²) in [5.74, 6) is 2.59. The van der Waals surface area contributed by atoms with Crippen LogP contribution in [0.5, 0.6) is 11.5 Å². The van der Waals surface area contributed by atoms with Crippen LogP contribution in [0, 0.1) is 0 Å². The molecule has 0 amide bonds. The average Bonchev–Trinajstić information content (AvgIpc) is 3.08. The van der Waals surface area contributed by atoms with Crippen molar-refractivity contribution in [1.29, 1.82) is 0 Å². The molecule has 0 saturated carbocycles. The lowest BCUT2D eigenvalue weighted by molar-refractivity contribution is 0.294. The molecule has 0 aliphatic carbocycles. The molecule has 0 spiro atoms. The lowest BCUT2D eigenvalue weighted by atomic mass is 9.98. The van der Waals surface area contributed by atoms with Gasteiger partial charge in [-0.1, -0.05) is 25.1 Å². The maximum atomic E-state index is 6.03. The molecule has 2 aromatic carbocycles. The third kappa shape index (κ3) is 3.94. The maximum absolute atomic E-state index is 6.03. The number of nitrogens with zero attached hydrogens (tertiary/aromatic N) is 1. The molecule has 0 aliphatic rings. The monoisotopic (exact) mass is 339 g/mol. The Morgan fingerprint density at radius 2 is 2.00 bits per heavy atom. The summed E-state index contributed by atoms with van der Waals surface area (Å²) in [4.78, 5) is 8.09. The number of imidazole rings is 1. The molecule has 3 rings (SSSR count). The van der Waals surface area contributed by atoms with Gasteiger partial charge in [0.1, 0.15) is 5.82 Å². The van der Waals surface area contributed by atoms with Gasteiger partial charge in [0.15, 0.2) is 11.5 Å². The predicted molar refractivity (Wildman–Crippen MR) is 100 cm³/mol. The molecule has 3 N–H and O–H groups in total. The van der Waals surface area contributed by atoms with Crippen molar-refractivity contribution < 1.29 is 9.47 Å². The summed E-state index contributed by atoms with van der Waals surface area (Å²) in [6.45, 7) is 3.28. The first-order valence-electron chi connectivity index (χ1n) is 8.69. The number of ether oxygens (including phenoxy) is 2. The van der Waals surface area contributed by atoms with Gasteiger partial charge in [-0.3, -0.25) is 0 Å². The molecule has 1 heterocycles. The fourth-order valence-corrected chi connectivity index (χ4v) is 2.91. The van der Waals surface area contributed by atoms with Crippen LogP contribution in [0.1, 0.15) is 30.7 Å².